The van der Waals surface area contributed by atoms with Gasteiger partial charge in [-0.2, -0.15) is 18.3 Å². The first kappa shape index (κ1) is 18.7. The van der Waals surface area contributed by atoms with Crippen LogP contribution in [0.3, 0.4) is 0 Å². The molecule has 0 atom stereocenters. The van der Waals surface area contributed by atoms with Crippen molar-refractivity contribution in [1.82, 2.24) is 9.78 Å². The third kappa shape index (κ3) is 3.72. The van der Waals surface area contributed by atoms with Crippen LogP contribution in [0.25, 0.3) is 16.9 Å². The van der Waals surface area contributed by atoms with Crippen LogP contribution in [0.1, 0.15) is 35.0 Å². The van der Waals surface area contributed by atoms with E-state index in [9.17, 15) is 23.1 Å². The van der Waals surface area contributed by atoms with Gasteiger partial charge < -0.3 is 5.11 Å². The molecule has 0 bridgehead atoms. The molecule has 0 unspecified atom stereocenters. The zero-order valence-corrected chi connectivity index (χ0v) is 14.5. The fourth-order valence-corrected chi connectivity index (χ4v) is 2.95. The molecular weight excluding hydrogens is 357 g/mol. The molecule has 27 heavy (non-hydrogen) atoms. The summed E-state index contributed by atoms with van der Waals surface area (Å²) in [6.45, 7) is 1.92. The van der Waals surface area contributed by atoms with Gasteiger partial charge in [-0.1, -0.05) is 43.7 Å². The van der Waals surface area contributed by atoms with Crippen molar-refractivity contribution < 1.29 is 23.1 Å². The molecule has 1 N–H and O–H groups in total. The van der Waals surface area contributed by atoms with Gasteiger partial charge in [0.1, 0.15) is 11.3 Å². The first-order chi connectivity index (χ1) is 12.8. The highest BCUT2D eigenvalue weighted by molar-refractivity contribution is 5.96. The maximum absolute atomic E-state index is 12.8. The Labute approximate surface area is 153 Å². The molecule has 3 aromatic rings. The lowest BCUT2D eigenvalue weighted by molar-refractivity contribution is -0.137. The predicted octanol–water partition coefficient (Wildman–Crippen LogP) is 5.21. The lowest BCUT2D eigenvalue weighted by atomic mass is 10.0. The van der Waals surface area contributed by atoms with Gasteiger partial charge in [-0.15, -0.1) is 0 Å². The number of hydrogen-bond acceptors (Lipinski definition) is 2. The first-order valence-corrected chi connectivity index (χ1v) is 8.41. The highest BCUT2D eigenvalue weighted by Crippen LogP contribution is 2.33. The van der Waals surface area contributed by atoms with Gasteiger partial charge >= 0.3 is 12.1 Å². The molecule has 140 valence electrons. The quantitative estimate of drug-likeness (QED) is 0.667. The second-order valence-corrected chi connectivity index (χ2v) is 6.05. The lowest BCUT2D eigenvalue weighted by Crippen LogP contribution is -2.06. The summed E-state index contributed by atoms with van der Waals surface area (Å²) in [4.78, 5) is 11.9. The SMILES string of the molecule is CCCc1c(C(=O)O)c(-c2ccc(C(F)(F)F)cc2)nn1-c1ccccc1. The monoisotopic (exact) mass is 374 g/mol. The number of para-hydroxylation sites is 1. The maximum atomic E-state index is 12.8. The van der Waals surface area contributed by atoms with Crippen LogP contribution in [-0.2, 0) is 12.6 Å². The van der Waals surface area contributed by atoms with Gasteiger partial charge in [-0.25, -0.2) is 9.48 Å². The topological polar surface area (TPSA) is 55.1 Å². The molecule has 0 aliphatic carbocycles. The van der Waals surface area contributed by atoms with Crippen LogP contribution in [0.15, 0.2) is 54.6 Å². The molecule has 0 amide bonds. The van der Waals surface area contributed by atoms with Crippen LogP contribution in [0.5, 0.6) is 0 Å². The normalized spacial score (nSPS) is 11.6. The fourth-order valence-electron chi connectivity index (χ4n) is 2.95. The molecule has 0 saturated heterocycles. The number of carboxylic acid groups (broad SMARTS) is 1. The molecule has 0 fully saturated rings. The van der Waals surface area contributed by atoms with Crippen LogP contribution in [-0.4, -0.2) is 20.9 Å². The van der Waals surface area contributed by atoms with Gasteiger partial charge in [-0.05, 0) is 30.7 Å². The van der Waals surface area contributed by atoms with Gasteiger partial charge in [0.2, 0.25) is 0 Å². The number of aromatic nitrogens is 2. The second-order valence-electron chi connectivity index (χ2n) is 6.05. The Morgan fingerprint density at radius 2 is 1.70 bits per heavy atom. The predicted molar refractivity (Wildman–Crippen MR) is 95.0 cm³/mol. The number of hydrogen-bond donors (Lipinski definition) is 1. The van der Waals surface area contributed by atoms with Crippen LogP contribution in [0.2, 0.25) is 0 Å². The summed E-state index contributed by atoms with van der Waals surface area (Å²) in [5.41, 5.74) is 0.920. The Bertz CT molecular complexity index is 946. The van der Waals surface area contributed by atoms with Crippen molar-refractivity contribution in [2.45, 2.75) is 25.9 Å². The van der Waals surface area contributed by atoms with Crippen molar-refractivity contribution in [3.05, 3.63) is 71.4 Å². The van der Waals surface area contributed by atoms with Crippen molar-refractivity contribution in [2.75, 3.05) is 0 Å². The molecule has 0 radical (unpaired) electrons. The number of carbonyl (C=O) groups is 1. The largest absolute Gasteiger partial charge is 0.478 e. The average molecular weight is 374 g/mol. The van der Waals surface area contributed by atoms with E-state index in [0.717, 1.165) is 12.1 Å². The summed E-state index contributed by atoms with van der Waals surface area (Å²) in [6, 6.07) is 13.4. The third-order valence-corrected chi connectivity index (χ3v) is 4.17. The van der Waals surface area contributed by atoms with Crippen molar-refractivity contribution >= 4 is 5.97 Å². The van der Waals surface area contributed by atoms with E-state index in [4.69, 9.17) is 0 Å². The van der Waals surface area contributed by atoms with E-state index in [-0.39, 0.29) is 11.3 Å². The number of benzene rings is 2. The van der Waals surface area contributed by atoms with Gasteiger partial charge in [-0.3, -0.25) is 0 Å². The summed E-state index contributed by atoms with van der Waals surface area (Å²) < 4.78 is 40.0. The molecule has 2 aromatic carbocycles. The number of aromatic carboxylic acids is 1. The Morgan fingerprint density at radius 3 is 2.22 bits per heavy atom. The molecule has 3 rings (SSSR count). The summed E-state index contributed by atoms with van der Waals surface area (Å²) in [5, 5.41) is 14.2. The van der Waals surface area contributed by atoms with E-state index in [0.29, 0.717) is 29.8 Å². The van der Waals surface area contributed by atoms with Gasteiger partial charge in [0, 0.05) is 5.56 Å². The maximum Gasteiger partial charge on any atom is 0.416 e. The fraction of sp³-hybridized carbons (Fsp3) is 0.200. The molecule has 0 saturated carbocycles. The van der Waals surface area contributed by atoms with Crippen LogP contribution < -0.4 is 0 Å². The Morgan fingerprint density at radius 1 is 1.07 bits per heavy atom. The average Bonchev–Trinajstić information content (AvgIpc) is 3.02. The Hall–Kier alpha value is -3.09. The van der Waals surface area contributed by atoms with Gasteiger partial charge in [0.05, 0.1) is 16.9 Å². The van der Waals surface area contributed by atoms with E-state index in [1.165, 1.54) is 12.1 Å². The van der Waals surface area contributed by atoms with Crippen molar-refractivity contribution in [1.29, 1.82) is 0 Å². The van der Waals surface area contributed by atoms with E-state index < -0.39 is 17.7 Å². The van der Waals surface area contributed by atoms with Crippen molar-refractivity contribution in [2.24, 2.45) is 0 Å². The molecule has 0 aliphatic rings. The highest BCUT2D eigenvalue weighted by atomic mass is 19.4. The van der Waals surface area contributed by atoms with Crippen LogP contribution in [0, 0.1) is 0 Å². The van der Waals surface area contributed by atoms with Crippen molar-refractivity contribution in [3.8, 4) is 16.9 Å². The van der Waals surface area contributed by atoms with E-state index in [1.807, 2.05) is 25.1 Å². The standard InChI is InChI=1S/C20H17F3N2O2/c1-2-6-16-17(19(26)27)18(24-25(16)15-7-4-3-5-8-15)13-9-11-14(12-10-13)20(21,22)23/h3-5,7-12H,2,6H2,1H3,(H,26,27). The molecule has 0 spiro atoms. The smallest absolute Gasteiger partial charge is 0.416 e. The minimum absolute atomic E-state index is 0.0143. The molecule has 1 heterocycles. The van der Waals surface area contributed by atoms with Gasteiger partial charge in [0.15, 0.2) is 0 Å². The number of alkyl halides is 3. The summed E-state index contributed by atoms with van der Waals surface area (Å²) in [5.74, 6) is -1.16. The highest BCUT2D eigenvalue weighted by Gasteiger charge is 2.31. The van der Waals surface area contributed by atoms with Gasteiger partial charge in [0.25, 0.3) is 0 Å². The minimum atomic E-state index is -4.45. The second kappa shape index (κ2) is 7.26. The van der Waals surface area contributed by atoms with E-state index >= 15 is 0 Å². The summed E-state index contributed by atoms with van der Waals surface area (Å²) in [6.07, 6.45) is -3.28. The molecule has 4 nitrogen and oxygen atoms in total. The number of nitrogens with zero attached hydrogens (tertiary/aromatic N) is 2. The lowest BCUT2D eigenvalue weighted by Gasteiger charge is -2.07. The Balaban J connectivity index is 2.19. The summed E-state index contributed by atoms with van der Waals surface area (Å²) in [7, 11) is 0. The third-order valence-electron chi connectivity index (χ3n) is 4.17. The zero-order chi connectivity index (χ0) is 19.6. The minimum Gasteiger partial charge on any atom is -0.478 e. The molecular formula is C20H17F3N2O2. The van der Waals surface area contributed by atoms with E-state index in [1.54, 1.807) is 16.8 Å². The van der Waals surface area contributed by atoms with Crippen LogP contribution in [0.4, 0.5) is 13.2 Å². The molecule has 7 heteroatoms. The first-order valence-electron chi connectivity index (χ1n) is 8.41. The molecule has 0 aliphatic heterocycles. The van der Waals surface area contributed by atoms with Crippen molar-refractivity contribution in [3.63, 3.8) is 0 Å². The number of halogens is 3. The van der Waals surface area contributed by atoms with E-state index in [2.05, 4.69) is 5.10 Å². The number of carboxylic acids is 1. The molecule has 1 aromatic heterocycles. The number of rotatable bonds is 5. The summed E-state index contributed by atoms with van der Waals surface area (Å²) >= 11 is 0. The zero-order valence-electron chi connectivity index (χ0n) is 14.5. The van der Waals surface area contributed by atoms with Crippen LogP contribution >= 0.6 is 0 Å². The Kier molecular flexibility index (Phi) is 5.03.